The minimum Gasteiger partial charge on any atom is -0.755 e. The van der Waals surface area contributed by atoms with Crippen LogP contribution in [0.1, 0.15) is 39.2 Å². The maximum absolute atomic E-state index is 13.3. The number of thiophene rings is 1. The van der Waals surface area contributed by atoms with Crippen molar-refractivity contribution >= 4 is 49.5 Å². The number of halogens is 1. The molecule has 3 rings (SSSR count). The number of hydrogen-bond donors (Lipinski definition) is 0. The van der Waals surface area contributed by atoms with E-state index in [9.17, 15) is 13.6 Å². The molecular formula is C19H21BrNO4S2-. The van der Waals surface area contributed by atoms with Gasteiger partial charge in [0.2, 0.25) is 0 Å². The quantitative estimate of drug-likeness (QED) is 0.471. The summed E-state index contributed by atoms with van der Waals surface area (Å²) in [4.78, 5) is 13.3. The number of carbonyl (C=O) groups excluding carboxylic acids is 1. The molecule has 27 heavy (non-hydrogen) atoms. The van der Waals surface area contributed by atoms with Crippen molar-refractivity contribution in [2.45, 2.75) is 44.8 Å². The van der Waals surface area contributed by atoms with Crippen molar-refractivity contribution in [1.29, 1.82) is 0 Å². The predicted molar refractivity (Wildman–Crippen MR) is 110 cm³/mol. The molecule has 4 atom stereocenters. The Morgan fingerprint density at radius 1 is 1.26 bits per heavy atom. The first-order chi connectivity index (χ1) is 12.6. The summed E-state index contributed by atoms with van der Waals surface area (Å²) in [5.41, 5.74) is -1.10. The molecule has 8 heteroatoms. The van der Waals surface area contributed by atoms with Gasteiger partial charge in [0.1, 0.15) is 10.6 Å². The highest BCUT2D eigenvalue weighted by Gasteiger charge is 2.73. The summed E-state index contributed by atoms with van der Waals surface area (Å²) in [6.45, 7) is 7.24. The van der Waals surface area contributed by atoms with Crippen molar-refractivity contribution in [3.05, 3.63) is 51.8 Å². The second kappa shape index (κ2) is 7.31. The van der Waals surface area contributed by atoms with E-state index in [1.54, 1.807) is 32.9 Å². The van der Waals surface area contributed by atoms with E-state index in [1.165, 1.54) is 15.6 Å². The fourth-order valence-electron chi connectivity index (χ4n) is 3.61. The Bertz CT molecular complexity index is 864. The summed E-state index contributed by atoms with van der Waals surface area (Å²) in [6, 6.07) is 13.0. The van der Waals surface area contributed by atoms with Gasteiger partial charge in [0.15, 0.2) is 5.54 Å². The van der Waals surface area contributed by atoms with E-state index in [0.29, 0.717) is 5.00 Å². The third-order valence-electron chi connectivity index (χ3n) is 4.69. The molecule has 1 heterocycles. The largest absolute Gasteiger partial charge is 0.755 e. The number of rotatable bonds is 5. The summed E-state index contributed by atoms with van der Waals surface area (Å²) in [5, 5.41) is 0.478. The summed E-state index contributed by atoms with van der Waals surface area (Å²) in [7, 11) is 0. The minimum absolute atomic E-state index is 0.228. The molecule has 1 aliphatic rings. The second-order valence-electron chi connectivity index (χ2n) is 7.59. The lowest BCUT2D eigenvalue weighted by atomic mass is 10.1. The maximum atomic E-state index is 13.3. The van der Waals surface area contributed by atoms with Gasteiger partial charge in [-0.15, -0.1) is 11.3 Å². The highest BCUT2D eigenvalue weighted by atomic mass is 79.9. The molecule has 0 radical (unpaired) electrons. The number of ether oxygens (including phenoxy) is 1. The van der Waals surface area contributed by atoms with Gasteiger partial charge in [0, 0.05) is 23.1 Å². The lowest BCUT2D eigenvalue weighted by Gasteiger charge is -2.35. The Kier molecular flexibility index (Phi) is 5.55. The molecule has 1 aromatic heterocycles. The molecule has 0 spiro atoms. The number of nitrogens with zero attached hydrogens (tertiary/aromatic N) is 1. The Morgan fingerprint density at radius 3 is 2.37 bits per heavy atom. The van der Waals surface area contributed by atoms with E-state index in [-0.39, 0.29) is 11.8 Å². The molecule has 0 amide bonds. The molecule has 0 aliphatic heterocycles. The molecule has 1 aromatic carbocycles. The van der Waals surface area contributed by atoms with Crippen LogP contribution in [0.3, 0.4) is 0 Å². The van der Waals surface area contributed by atoms with Gasteiger partial charge in [-0.05, 0) is 54.4 Å². The van der Waals surface area contributed by atoms with Crippen LogP contribution in [0.5, 0.6) is 0 Å². The minimum atomic E-state index is -2.64. The molecule has 5 nitrogen and oxygen atoms in total. The highest BCUT2D eigenvalue weighted by Crippen LogP contribution is 2.63. The van der Waals surface area contributed by atoms with Gasteiger partial charge in [-0.2, -0.15) is 0 Å². The predicted octanol–water partition coefficient (Wildman–Crippen LogP) is 4.63. The lowest BCUT2D eigenvalue weighted by molar-refractivity contribution is -0.158. The van der Waals surface area contributed by atoms with Gasteiger partial charge in [0.05, 0.1) is 3.79 Å². The standard InChI is InChI=1S/C19H22BrNO4S2/c1-12-16(13-8-6-5-7-9-13)19(12,17(22)25-18(2,3)4)21(27(23)24)15-11-10-14(20)26-15/h5-12,16H,1-4H3,(H,23,24)/p-1. The topological polar surface area (TPSA) is 69.7 Å². The van der Waals surface area contributed by atoms with Crippen molar-refractivity contribution < 1.29 is 18.3 Å². The van der Waals surface area contributed by atoms with Crippen LogP contribution < -0.4 is 4.31 Å². The lowest BCUT2D eigenvalue weighted by Crippen LogP contribution is -2.50. The van der Waals surface area contributed by atoms with Crippen LogP contribution in [0.15, 0.2) is 46.3 Å². The zero-order chi connectivity index (χ0) is 20.0. The van der Waals surface area contributed by atoms with E-state index in [2.05, 4.69) is 15.9 Å². The summed E-state index contributed by atoms with van der Waals surface area (Å²) < 4.78 is 32.3. The first-order valence-electron chi connectivity index (χ1n) is 8.52. The Morgan fingerprint density at radius 2 is 1.89 bits per heavy atom. The van der Waals surface area contributed by atoms with Crippen LogP contribution in [0, 0.1) is 5.92 Å². The van der Waals surface area contributed by atoms with Gasteiger partial charge in [-0.25, -0.2) is 4.79 Å². The number of hydrogen-bond acceptors (Lipinski definition) is 5. The summed E-state index contributed by atoms with van der Waals surface area (Å²) in [6.07, 6.45) is 0. The van der Waals surface area contributed by atoms with Gasteiger partial charge in [0.25, 0.3) is 0 Å². The van der Waals surface area contributed by atoms with Gasteiger partial charge < -0.3 is 9.29 Å². The van der Waals surface area contributed by atoms with E-state index in [4.69, 9.17) is 4.74 Å². The van der Waals surface area contributed by atoms with Gasteiger partial charge in [-0.3, -0.25) is 8.51 Å². The molecule has 0 bridgehead atoms. The third kappa shape index (κ3) is 3.72. The van der Waals surface area contributed by atoms with Crippen LogP contribution in [-0.4, -0.2) is 25.9 Å². The SMILES string of the molecule is CC1C(c2ccccc2)C1(C(=O)OC(C)(C)C)N(c1ccc(Br)s1)S(=O)[O-]. The average Bonchev–Trinajstić information content (AvgIpc) is 2.94. The number of anilines is 1. The highest BCUT2D eigenvalue weighted by molar-refractivity contribution is 9.11. The Hall–Kier alpha value is -1.22. The average molecular weight is 471 g/mol. The summed E-state index contributed by atoms with van der Waals surface area (Å²) in [5.74, 6) is -1.04. The molecule has 4 unspecified atom stereocenters. The molecular weight excluding hydrogens is 450 g/mol. The smallest absolute Gasteiger partial charge is 0.334 e. The van der Waals surface area contributed by atoms with Crippen LogP contribution in [0.25, 0.3) is 0 Å². The first kappa shape index (κ1) is 20.5. The second-order valence-corrected chi connectivity index (χ2v) is 10.8. The molecule has 1 fully saturated rings. The molecule has 146 valence electrons. The Labute approximate surface area is 174 Å². The van der Waals surface area contributed by atoms with E-state index in [0.717, 1.165) is 9.35 Å². The normalized spacial score (nSPS) is 25.7. The van der Waals surface area contributed by atoms with E-state index in [1.807, 2.05) is 37.3 Å². The van der Waals surface area contributed by atoms with Crippen molar-refractivity contribution in [2.75, 3.05) is 4.31 Å². The van der Waals surface area contributed by atoms with Crippen LogP contribution in [0.4, 0.5) is 5.00 Å². The Balaban J connectivity index is 2.13. The summed E-state index contributed by atoms with van der Waals surface area (Å²) >= 11 is 2.00. The zero-order valence-electron chi connectivity index (χ0n) is 15.5. The maximum Gasteiger partial charge on any atom is 0.334 e. The monoisotopic (exact) mass is 470 g/mol. The van der Waals surface area contributed by atoms with Crippen molar-refractivity contribution in [3.8, 4) is 0 Å². The van der Waals surface area contributed by atoms with Crippen LogP contribution in [0.2, 0.25) is 0 Å². The molecule has 0 N–H and O–H groups in total. The van der Waals surface area contributed by atoms with E-state index < -0.39 is 28.4 Å². The zero-order valence-corrected chi connectivity index (χ0v) is 18.7. The van der Waals surface area contributed by atoms with Crippen molar-refractivity contribution in [1.82, 2.24) is 0 Å². The molecule has 1 saturated carbocycles. The fraction of sp³-hybridized carbons (Fsp3) is 0.421. The number of benzene rings is 1. The van der Waals surface area contributed by atoms with Crippen LogP contribution in [-0.2, 0) is 20.8 Å². The molecule has 1 aliphatic carbocycles. The van der Waals surface area contributed by atoms with Crippen LogP contribution >= 0.6 is 27.3 Å². The fourth-order valence-corrected chi connectivity index (χ4v) is 6.05. The molecule has 0 saturated heterocycles. The van der Waals surface area contributed by atoms with Gasteiger partial charge in [-0.1, -0.05) is 37.3 Å². The van der Waals surface area contributed by atoms with Crippen molar-refractivity contribution in [2.24, 2.45) is 5.92 Å². The molecule has 2 aromatic rings. The van der Waals surface area contributed by atoms with Gasteiger partial charge >= 0.3 is 5.97 Å². The number of esters is 1. The third-order valence-corrected chi connectivity index (χ3v) is 7.21. The number of carbonyl (C=O) groups is 1. The van der Waals surface area contributed by atoms with Crippen molar-refractivity contribution in [3.63, 3.8) is 0 Å². The van der Waals surface area contributed by atoms with E-state index >= 15 is 0 Å². The first-order valence-corrected chi connectivity index (χ1v) is 11.2.